The van der Waals surface area contributed by atoms with Gasteiger partial charge in [-0.2, -0.15) is 0 Å². The lowest BCUT2D eigenvalue weighted by Gasteiger charge is -2.34. The number of hydrogen-bond donors (Lipinski definition) is 0. The number of rotatable bonds is 7. The molecule has 2 aliphatic rings. The summed E-state index contributed by atoms with van der Waals surface area (Å²) in [5.41, 5.74) is 0.568. The summed E-state index contributed by atoms with van der Waals surface area (Å²) in [5, 5.41) is 0. The minimum atomic E-state index is -1.07. The summed E-state index contributed by atoms with van der Waals surface area (Å²) in [4.78, 5) is 53.9. The van der Waals surface area contributed by atoms with Crippen LogP contribution < -0.4 is 0 Å². The lowest BCUT2D eigenvalue weighted by Crippen LogP contribution is -2.50. The first-order valence-corrected chi connectivity index (χ1v) is 10.8. The van der Waals surface area contributed by atoms with Gasteiger partial charge in [-0.05, 0) is 37.8 Å². The first-order chi connectivity index (χ1) is 14.4. The van der Waals surface area contributed by atoms with E-state index in [0.717, 1.165) is 30.6 Å². The molecule has 1 aromatic carbocycles. The summed E-state index contributed by atoms with van der Waals surface area (Å²) < 4.78 is 5.33. The third kappa shape index (κ3) is 4.25. The van der Waals surface area contributed by atoms with Gasteiger partial charge in [0.1, 0.15) is 6.04 Å². The van der Waals surface area contributed by atoms with Gasteiger partial charge in [-0.3, -0.25) is 19.3 Å². The molecule has 1 fully saturated rings. The van der Waals surface area contributed by atoms with Gasteiger partial charge in [0.25, 0.3) is 17.7 Å². The SMILES string of the molecule is CCN(C(=O)COC(=O)[C@H](C(C)C)N1C(=O)c2ccccc2C1=O)C1CCCCC1. The van der Waals surface area contributed by atoms with Crippen molar-refractivity contribution in [2.75, 3.05) is 13.2 Å². The summed E-state index contributed by atoms with van der Waals surface area (Å²) in [6, 6.07) is 5.62. The van der Waals surface area contributed by atoms with E-state index in [-0.39, 0.29) is 35.6 Å². The topological polar surface area (TPSA) is 84.0 Å². The molecule has 1 heterocycles. The zero-order chi connectivity index (χ0) is 21.8. The number of carbonyl (C=O) groups excluding carboxylic acids is 4. The minimum Gasteiger partial charge on any atom is -0.454 e. The van der Waals surface area contributed by atoms with Gasteiger partial charge in [0, 0.05) is 12.6 Å². The Morgan fingerprint density at radius 2 is 1.63 bits per heavy atom. The average Bonchev–Trinajstić information content (AvgIpc) is 2.99. The Kier molecular flexibility index (Phi) is 6.90. The normalized spacial score (nSPS) is 17.8. The summed E-state index contributed by atoms with van der Waals surface area (Å²) >= 11 is 0. The van der Waals surface area contributed by atoms with Crippen LogP contribution in [0.3, 0.4) is 0 Å². The minimum absolute atomic E-state index is 0.187. The molecule has 162 valence electrons. The maximum atomic E-state index is 12.9. The fraction of sp³-hybridized carbons (Fsp3) is 0.565. The molecule has 1 atom stereocenters. The highest BCUT2D eigenvalue weighted by Gasteiger charge is 2.44. The second-order valence-corrected chi connectivity index (χ2v) is 8.29. The lowest BCUT2D eigenvalue weighted by molar-refractivity contribution is -0.157. The number of ether oxygens (including phenoxy) is 1. The predicted octanol–water partition coefficient (Wildman–Crippen LogP) is 3.03. The van der Waals surface area contributed by atoms with Crippen LogP contribution in [0.4, 0.5) is 0 Å². The summed E-state index contributed by atoms with van der Waals surface area (Å²) in [6.07, 6.45) is 5.33. The van der Waals surface area contributed by atoms with Crippen LogP contribution in [-0.2, 0) is 14.3 Å². The van der Waals surface area contributed by atoms with Crippen molar-refractivity contribution in [3.63, 3.8) is 0 Å². The highest BCUT2D eigenvalue weighted by atomic mass is 16.5. The molecule has 0 saturated heterocycles. The Morgan fingerprint density at radius 3 is 2.13 bits per heavy atom. The Hall–Kier alpha value is -2.70. The molecule has 0 spiro atoms. The van der Waals surface area contributed by atoms with Crippen LogP contribution in [0.2, 0.25) is 0 Å². The second-order valence-electron chi connectivity index (χ2n) is 8.29. The maximum Gasteiger partial charge on any atom is 0.330 e. The zero-order valence-electron chi connectivity index (χ0n) is 17.9. The molecule has 0 N–H and O–H groups in total. The molecule has 30 heavy (non-hydrogen) atoms. The van der Waals surface area contributed by atoms with Crippen molar-refractivity contribution in [1.29, 1.82) is 0 Å². The van der Waals surface area contributed by atoms with E-state index in [1.54, 1.807) is 43.0 Å². The molecule has 1 aliphatic heterocycles. The van der Waals surface area contributed by atoms with E-state index < -0.39 is 23.8 Å². The van der Waals surface area contributed by atoms with Crippen LogP contribution in [0.25, 0.3) is 0 Å². The number of carbonyl (C=O) groups is 4. The van der Waals surface area contributed by atoms with Gasteiger partial charge in [0.05, 0.1) is 11.1 Å². The van der Waals surface area contributed by atoms with Gasteiger partial charge in [-0.15, -0.1) is 0 Å². The molecule has 0 aromatic heterocycles. The largest absolute Gasteiger partial charge is 0.454 e. The highest BCUT2D eigenvalue weighted by molar-refractivity contribution is 6.22. The van der Waals surface area contributed by atoms with Crippen molar-refractivity contribution in [1.82, 2.24) is 9.80 Å². The predicted molar refractivity (Wildman–Crippen MR) is 111 cm³/mol. The van der Waals surface area contributed by atoms with E-state index in [4.69, 9.17) is 4.74 Å². The van der Waals surface area contributed by atoms with Gasteiger partial charge in [0.15, 0.2) is 6.61 Å². The molecule has 7 heteroatoms. The van der Waals surface area contributed by atoms with Gasteiger partial charge in [0.2, 0.25) is 0 Å². The number of benzene rings is 1. The summed E-state index contributed by atoms with van der Waals surface area (Å²) in [7, 11) is 0. The average molecular weight is 415 g/mol. The molecule has 1 aromatic rings. The third-order valence-electron chi connectivity index (χ3n) is 5.99. The number of likely N-dealkylation sites (N-methyl/N-ethyl adjacent to an activating group) is 1. The monoisotopic (exact) mass is 414 g/mol. The fourth-order valence-corrected chi connectivity index (χ4v) is 4.47. The number of fused-ring (bicyclic) bond motifs is 1. The summed E-state index contributed by atoms with van der Waals surface area (Å²) in [5.74, 6) is -2.32. The standard InChI is InChI=1S/C23H30N2O5/c1-4-24(16-10-6-5-7-11-16)19(26)14-30-23(29)20(15(2)3)25-21(27)17-12-8-9-13-18(17)22(25)28/h8-9,12-13,15-16,20H,4-7,10-11,14H2,1-3H3/t20-/m0/s1. The number of imide groups is 1. The van der Waals surface area contributed by atoms with Crippen LogP contribution >= 0.6 is 0 Å². The molecule has 0 bridgehead atoms. The molecule has 0 unspecified atom stereocenters. The smallest absolute Gasteiger partial charge is 0.330 e. The Labute approximate surface area is 177 Å². The number of hydrogen-bond acceptors (Lipinski definition) is 5. The van der Waals surface area contributed by atoms with Gasteiger partial charge >= 0.3 is 5.97 Å². The van der Waals surface area contributed by atoms with Gasteiger partial charge < -0.3 is 9.64 Å². The molecule has 7 nitrogen and oxygen atoms in total. The molecule has 1 saturated carbocycles. The van der Waals surface area contributed by atoms with Crippen LogP contribution in [0.15, 0.2) is 24.3 Å². The fourth-order valence-electron chi connectivity index (χ4n) is 4.47. The van der Waals surface area contributed by atoms with Gasteiger partial charge in [-0.25, -0.2) is 4.79 Å². The van der Waals surface area contributed by atoms with Crippen LogP contribution in [-0.4, -0.2) is 58.7 Å². The number of esters is 1. The van der Waals surface area contributed by atoms with E-state index in [1.807, 2.05) is 6.92 Å². The Balaban J connectivity index is 1.68. The Morgan fingerprint density at radius 1 is 1.07 bits per heavy atom. The van der Waals surface area contributed by atoms with E-state index >= 15 is 0 Å². The van der Waals surface area contributed by atoms with E-state index in [1.165, 1.54) is 6.42 Å². The Bertz CT molecular complexity index is 794. The molecule has 1 aliphatic carbocycles. The van der Waals surface area contributed by atoms with Crippen molar-refractivity contribution < 1.29 is 23.9 Å². The zero-order valence-corrected chi connectivity index (χ0v) is 17.9. The van der Waals surface area contributed by atoms with E-state index in [0.29, 0.717) is 6.54 Å². The first-order valence-electron chi connectivity index (χ1n) is 10.8. The third-order valence-corrected chi connectivity index (χ3v) is 5.99. The second kappa shape index (κ2) is 9.41. The number of amides is 3. The van der Waals surface area contributed by atoms with Gasteiger partial charge in [-0.1, -0.05) is 45.2 Å². The van der Waals surface area contributed by atoms with E-state index in [2.05, 4.69) is 0 Å². The molecular formula is C23H30N2O5. The lowest BCUT2D eigenvalue weighted by atomic mass is 9.94. The van der Waals surface area contributed by atoms with Crippen molar-refractivity contribution in [3.8, 4) is 0 Å². The molecule has 3 rings (SSSR count). The van der Waals surface area contributed by atoms with Crippen LogP contribution in [0.5, 0.6) is 0 Å². The van der Waals surface area contributed by atoms with Crippen LogP contribution in [0.1, 0.15) is 73.6 Å². The van der Waals surface area contributed by atoms with Crippen molar-refractivity contribution in [2.45, 2.75) is 65.0 Å². The van der Waals surface area contributed by atoms with Crippen molar-refractivity contribution >= 4 is 23.7 Å². The van der Waals surface area contributed by atoms with Crippen molar-refractivity contribution in [2.24, 2.45) is 5.92 Å². The maximum absolute atomic E-state index is 12.9. The van der Waals surface area contributed by atoms with E-state index in [9.17, 15) is 19.2 Å². The first kappa shape index (κ1) is 22.0. The molecular weight excluding hydrogens is 384 g/mol. The number of nitrogens with zero attached hydrogens (tertiary/aromatic N) is 2. The highest BCUT2D eigenvalue weighted by Crippen LogP contribution is 2.28. The molecule has 0 radical (unpaired) electrons. The summed E-state index contributed by atoms with van der Waals surface area (Å²) in [6.45, 7) is 5.60. The van der Waals surface area contributed by atoms with Crippen molar-refractivity contribution in [3.05, 3.63) is 35.4 Å². The quantitative estimate of drug-likeness (QED) is 0.506. The van der Waals surface area contributed by atoms with Crippen LogP contribution in [0, 0.1) is 5.92 Å². The molecule has 3 amide bonds.